The van der Waals surface area contributed by atoms with E-state index in [-0.39, 0.29) is 0 Å². The zero-order valence-electron chi connectivity index (χ0n) is 13.2. The van der Waals surface area contributed by atoms with Gasteiger partial charge in [-0.1, -0.05) is 24.3 Å². The van der Waals surface area contributed by atoms with Gasteiger partial charge in [0.25, 0.3) is 0 Å². The second-order valence-electron chi connectivity index (χ2n) is 5.10. The maximum absolute atomic E-state index is 5.32. The van der Waals surface area contributed by atoms with Gasteiger partial charge in [-0.15, -0.1) is 0 Å². The molecule has 3 rings (SSSR count). The van der Waals surface area contributed by atoms with Crippen LogP contribution in [-0.4, -0.2) is 24.0 Å². The van der Waals surface area contributed by atoms with Crippen LogP contribution in [0, 0.1) is 0 Å². The van der Waals surface area contributed by atoms with Gasteiger partial charge in [-0.2, -0.15) is 5.10 Å². The number of ether oxygens (including phenoxy) is 2. The Kier molecular flexibility index (Phi) is 4.39. The Hall–Kier alpha value is -2.27. The first-order valence-corrected chi connectivity index (χ1v) is 7.94. The first-order chi connectivity index (χ1) is 11.1. The second kappa shape index (κ2) is 6.46. The number of halogens is 1. The molecule has 0 saturated heterocycles. The molecule has 0 fully saturated rings. The number of benzene rings is 2. The smallest absolute Gasteiger partial charge is 0.119 e. The SMILES string of the molecule is COc1cccc(-c2nn(C)c(-c3cccc(OC)c3)c2Br)c1. The molecule has 118 valence electrons. The highest BCUT2D eigenvalue weighted by Crippen LogP contribution is 2.37. The number of aromatic nitrogens is 2. The van der Waals surface area contributed by atoms with Gasteiger partial charge < -0.3 is 9.47 Å². The molecular weight excluding hydrogens is 356 g/mol. The molecule has 3 aromatic rings. The number of rotatable bonds is 4. The molecule has 5 heteroatoms. The third-order valence-electron chi connectivity index (χ3n) is 3.68. The predicted molar refractivity (Wildman–Crippen MR) is 94.9 cm³/mol. The molecule has 1 heterocycles. The molecule has 2 aromatic carbocycles. The highest BCUT2D eigenvalue weighted by atomic mass is 79.9. The summed E-state index contributed by atoms with van der Waals surface area (Å²) in [6.45, 7) is 0. The number of hydrogen-bond donors (Lipinski definition) is 0. The Morgan fingerprint density at radius 2 is 1.48 bits per heavy atom. The van der Waals surface area contributed by atoms with Crippen LogP contribution in [0.25, 0.3) is 22.5 Å². The number of nitrogens with zero attached hydrogens (tertiary/aromatic N) is 2. The summed E-state index contributed by atoms with van der Waals surface area (Å²) in [7, 11) is 5.26. The lowest BCUT2D eigenvalue weighted by atomic mass is 10.1. The lowest BCUT2D eigenvalue weighted by Gasteiger charge is -2.06. The summed E-state index contributed by atoms with van der Waals surface area (Å²) in [5.74, 6) is 1.63. The Bertz CT molecular complexity index is 843. The standard InChI is InChI=1S/C18H17BrN2O2/c1-21-18(13-7-5-9-15(11-13)23-3)16(19)17(20-21)12-6-4-8-14(10-12)22-2/h4-11H,1-3H3. The average Bonchev–Trinajstić information content (AvgIpc) is 2.89. The molecule has 1 aromatic heterocycles. The molecule has 0 bridgehead atoms. The van der Waals surface area contributed by atoms with Crippen LogP contribution in [0.2, 0.25) is 0 Å². The van der Waals surface area contributed by atoms with Gasteiger partial charge in [0.2, 0.25) is 0 Å². The van der Waals surface area contributed by atoms with Gasteiger partial charge >= 0.3 is 0 Å². The molecule has 0 unspecified atom stereocenters. The van der Waals surface area contributed by atoms with Crippen molar-refractivity contribution in [2.75, 3.05) is 14.2 Å². The van der Waals surface area contributed by atoms with Crippen molar-refractivity contribution in [3.8, 4) is 34.0 Å². The molecule has 0 saturated carbocycles. The van der Waals surface area contributed by atoms with Crippen molar-refractivity contribution in [1.82, 2.24) is 9.78 Å². The summed E-state index contributed by atoms with van der Waals surface area (Å²) in [5, 5.41) is 4.66. The lowest BCUT2D eigenvalue weighted by molar-refractivity contribution is 0.415. The van der Waals surface area contributed by atoms with Crippen molar-refractivity contribution in [2.24, 2.45) is 7.05 Å². The summed E-state index contributed by atoms with van der Waals surface area (Å²) in [6.07, 6.45) is 0. The van der Waals surface area contributed by atoms with Crippen LogP contribution in [0.3, 0.4) is 0 Å². The Balaban J connectivity index is 2.12. The van der Waals surface area contributed by atoms with Crippen molar-refractivity contribution in [3.63, 3.8) is 0 Å². The minimum atomic E-state index is 0.808. The summed E-state index contributed by atoms with van der Waals surface area (Å²) in [6, 6.07) is 15.8. The van der Waals surface area contributed by atoms with Crippen LogP contribution in [-0.2, 0) is 7.05 Å². The van der Waals surface area contributed by atoms with E-state index in [9.17, 15) is 0 Å². The molecule has 0 aliphatic heterocycles. The van der Waals surface area contributed by atoms with Crippen molar-refractivity contribution in [1.29, 1.82) is 0 Å². The molecule has 0 atom stereocenters. The Morgan fingerprint density at radius 3 is 2.09 bits per heavy atom. The van der Waals surface area contributed by atoms with Gasteiger partial charge in [-0.25, -0.2) is 0 Å². The monoisotopic (exact) mass is 372 g/mol. The van der Waals surface area contributed by atoms with Crippen LogP contribution in [0.1, 0.15) is 0 Å². The van der Waals surface area contributed by atoms with Gasteiger partial charge in [0, 0.05) is 18.2 Å². The van der Waals surface area contributed by atoms with E-state index in [2.05, 4.69) is 21.0 Å². The minimum absolute atomic E-state index is 0.808. The normalized spacial score (nSPS) is 10.6. The van der Waals surface area contributed by atoms with Gasteiger partial charge in [-0.05, 0) is 40.2 Å². The van der Waals surface area contributed by atoms with E-state index in [0.29, 0.717) is 0 Å². The highest BCUT2D eigenvalue weighted by Gasteiger charge is 2.17. The van der Waals surface area contributed by atoms with Gasteiger partial charge in [0.1, 0.15) is 17.2 Å². The molecule has 0 radical (unpaired) electrons. The first-order valence-electron chi connectivity index (χ1n) is 7.15. The van der Waals surface area contributed by atoms with Gasteiger partial charge in [0.05, 0.1) is 24.4 Å². The van der Waals surface area contributed by atoms with Crippen molar-refractivity contribution in [3.05, 3.63) is 53.0 Å². The van der Waals surface area contributed by atoms with E-state index in [0.717, 1.165) is 38.5 Å². The van der Waals surface area contributed by atoms with E-state index >= 15 is 0 Å². The third-order valence-corrected chi connectivity index (χ3v) is 4.43. The first kappa shape index (κ1) is 15.6. The van der Waals surface area contributed by atoms with Crippen LogP contribution < -0.4 is 9.47 Å². The molecule has 0 amide bonds. The summed E-state index contributed by atoms with van der Waals surface area (Å²) >= 11 is 3.70. The largest absolute Gasteiger partial charge is 0.497 e. The zero-order chi connectivity index (χ0) is 16.4. The molecule has 23 heavy (non-hydrogen) atoms. The van der Waals surface area contributed by atoms with Crippen molar-refractivity contribution < 1.29 is 9.47 Å². The molecule has 0 N–H and O–H groups in total. The van der Waals surface area contributed by atoms with E-state index in [4.69, 9.17) is 9.47 Å². The average molecular weight is 373 g/mol. The fourth-order valence-electron chi connectivity index (χ4n) is 2.54. The molecule has 4 nitrogen and oxygen atoms in total. The predicted octanol–water partition coefficient (Wildman–Crippen LogP) is 4.53. The summed E-state index contributed by atoms with van der Waals surface area (Å²) in [4.78, 5) is 0. The Morgan fingerprint density at radius 1 is 0.913 bits per heavy atom. The summed E-state index contributed by atoms with van der Waals surface area (Å²) in [5.41, 5.74) is 3.92. The zero-order valence-corrected chi connectivity index (χ0v) is 14.8. The van der Waals surface area contributed by atoms with Crippen LogP contribution in [0.4, 0.5) is 0 Å². The van der Waals surface area contributed by atoms with Crippen LogP contribution >= 0.6 is 15.9 Å². The fourth-order valence-corrected chi connectivity index (χ4v) is 3.33. The van der Waals surface area contributed by atoms with Gasteiger partial charge in [-0.3, -0.25) is 4.68 Å². The maximum Gasteiger partial charge on any atom is 0.119 e. The fraction of sp³-hybridized carbons (Fsp3) is 0.167. The third kappa shape index (κ3) is 2.97. The number of aryl methyl sites for hydroxylation is 1. The van der Waals surface area contributed by atoms with E-state index < -0.39 is 0 Å². The molecule has 0 aliphatic carbocycles. The van der Waals surface area contributed by atoms with Crippen molar-refractivity contribution >= 4 is 15.9 Å². The van der Waals surface area contributed by atoms with Crippen molar-refractivity contribution in [2.45, 2.75) is 0 Å². The Labute approximate surface area is 143 Å². The van der Waals surface area contributed by atoms with Crippen LogP contribution in [0.15, 0.2) is 53.0 Å². The lowest BCUT2D eigenvalue weighted by Crippen LogP contribution is -1.94. The second-order valence-corrected chi connectivity index (χ2v) is 5.89. The van der Waals surface area contributed by atoms with E-state index in [1.165, 1.54) is 0 Å². The quantitative estimate of drug-likeness (QED) is 0.674. The molecular formula is C18H17BrN2O2. The summed E-state index contributed by atoms with van der Waals surface area (Å²) < 4.78 is 13.4. The molecule has 0 spiro atoms. The molecule has 0 aliphatic rings. The van der Waals surface area contributed by atoms with Gasteiger partial charge in [0.15, 0.2) is 0 Å². The van der Waals surface area contributed by atoms with Crippen LogP contribution in [0.5, 0.6) is 11.5 Å². The highest BCUT2D eigenvalue weighted by molar-refractivity contribution is 9.10. The van der Waals surface area contributed by atoms with E-state index in [1.54, 1.807) is 14.2 Å². The van der Waals surface area contributed by atoms with E-state index in [1.807, 2.05) is 60.3 Å². The minimum Gasteiger partial charge on any atom is -0.497 e. The maximum atomic E-state index is 5.32. The topological polar surface area (TPSA) is 36.3 Å². The number of methoxy groups -OCH3 is 2. The number of hydrogen-bond acceptors (Lipinski definition) is 3.